The standard InChI is InChI=1S/C25H23Cl2N3O/c26-20-13-11-18(12-14-20)16-25(31)28-15-5-10-24-29-22-8-3-4-9-23(22)30(24)17-19-6-1-2-7-21(19)27/h1-4,6-9,11-14H,5,10,15-17H2,(H,28,31). The Kier molecular flexibility index (Phi) is 6.90. The summed E-state index contributed by atoms with van der Waals surface area (Å²) in [6.45, 7) is 1.26. The number of carbonyl (C=O) groups excluding carboxylic acids is 1. The first-order chi connectivity index (χ1) is 15.1. The molecule has 0 saturated carbocycles. The monoisotopic (exact) mass is 451 g/mol. The number of aromatic nitrogens is 2. The quantitative estimate of drug-likeness (QED) is 0.350. The highest BCUT2D eigenvalue weighted by molar-refractivity contribution is 6.31. The summed E-state index contributed by atoms with van der Waals surface area (Å²) in [4.78, 5) is 17.0. The molecular weight excluding hydrogens is 429 g/mol. The Balaban J connectivity index is 1.39. The second-order valence-electron chi connectivity index (χ2n) is 7.45. The normalized spacial score (nSPS) is 11.0. The number of para-hydroxylation sites is 2. The largest absolute Gasteiger partial charge is 0.356 e. The van der Waals surface area contributed by atoms with Crippen molar-refractivity contribution in [3.8, 4) is 0 Å². The zero-order valence-electron chi connectivity index (χ0n) is 17.0. The van der Waals surface area contributed by atoms with Crippen molar-refractivity contribution in [2.45, 2.75) is 25.8 Å². The summed E-state index contributed by atoms with van der Waals surface area (Å²) in [5.41, 5.74) is 4.06. The highest BCUT2D eigenvalue weighted by atomic mass is 35.5. The average Bonchev–Trinajstić information content (AvgIpc) is 3.12. The van der Waals surface area contributed by atoms with Gasteiger partial charge in [0, 0.05) is 23.0 Å². The summed E-state index contributed by atoms with van der Waals surface area (Å²) in [5.74, 6) is 1.000. The molecular formula is C25H23Cl2N3O. The lowest BCUT2D eigenvalue weighted by atomic mass is 10.1. The van der Waals surface area contributed by atoms with Crippen LogP contribution in [0.5, 0.6) is 0 Å². The number of hydrogen-bond acceptors (Lipinski definition) is 2. The number of imidazole rings is 1. The Hall–Kier alpha value is -2.82. The van der Waals surface area contributed by atoms with Crippen LogP contribution in [0.15, 0.2) is 72.8 Å². The van der Waals surface area contributed by atoms with Gasteiger partial charge in [0.25, 0.3) is 0 Å². The van der Waals surface area contributed by atoms with Crippen molar-refractivity contribution >= 4 is 40.1 Å². The Morgan fingerprint density at radius 2 is 1.68 bits per heavy atom. The number of rotatable bonds is 8. The van der Waals surface area contributed by atoms with E-state index in [0.717, 1.165) is 45.8 Å². The van der Waals surface area contributed by atoms with Crippen molar-refractivity contribution in [2.24, 2.45) is 0 Å². The van der Waals surface area contributed by atoms with Crippen LogP contribution in [0.2, 0.25) is 10.0 Å². The molecule has 3 aromatic carbocycles. The molecule has 1 aromatic heterocycles. The second kappa shape index (κ2) is 9.99. The molecule has 0 aliphatic heterocycles. The third-order valence-corrected chi connectivity index (χ3v) is 5.82. The highest BCUT2D eigenvalue weighted by Gasteiger charge is 2.12. The predicted octanol–water partition coefficient (Wildman–Crippen LogP) is 5.68. The van der Waals surface area contributed by atoms with Gasteiger partial charge in [-0.2, -0.15) is 0 Å². The molecule has 0 unspecified atom stereocenters. The summed E-state index contributed by atoms with van der Waals surface area (Å²) in [7, 11) is 0. The number of fused-ring (bicyclic) bond motifs is 1. The number of nitrogens with zero attached hydrogens (tertiary/aromatic N) is 2. The molecule has 0 aliphatic rings. The number of aryl methyl sites for hydroxylation is 1. The maximum atomic E-state index is 12.2. The molecule has 0 fully saturated rings. The van der Waals surface area contributed by atoms with Crippen molar-refractivity contribution in [1.29, 1.82) is 0 Å². The molecule has 0 atom stereocenters. The van der Waals surface area contributed by atoms with E-state index in [2.05, 4.69) is 16.0 Å². The Bertz CT molecular complexity index is 1190. The SMILES string of the molecule is O=C(Cc1ccc(Cl)cc1)NCCCc1nc2ccccc2n1Cc1ccccc1Cl. The summed E-state index contributed by atoms with van der Waals surface area (Å²) in [5, 5.41) is 4.42. The topological polar surface area (TPSA) is 46.9 Å². The number of carbonyl (C=O) groups is 1. The number of halogens is 2. The van der Waals surface area contributed by atoms with E-state index in [9.17, 15) is 4.79 Å². The minimum atomic E-state index is 0.00638. The first-order valence-corrected chi connectivity index (χ1v) is 11.0. The zero-order chi connectivity index (χ0) is 21.6. The number of hydrogen-bond donors (Lipinski definition) is 1. The van der Waals surface area contributed by atoms with E-state index in [0.29, 0.717) is 24.5 Å². The first kappa shape index (κ1) is 21.4. The van der Waals surface area contributed by atoms with Gasteiger partial charge < -0.3 is 9.88 Å². The number of nitrogens with one attached hydrogen (secondary N) is 1. The van der Waals surface area contributed by atoms with Crippen LogP contribution in [0.1, 0.15) is 23.4 Å². The summed E-state index contributed by atoms with van der Waals surface area (Å²) >= 11 is 12.3. The van der Waals surface area contributed by atoms with E-state index in [1.54, 1.807) is 12.1 Å². The lowest BCUT2D eigenvalue weighted by Crippen LogP contribution is -2.26. The number of benzene rings is 3. The molecule has 1 amide bonds. The molecule has 0 saturated heterocycles. The molecule has 31 heavy (non-hydrogen) atoms. The summed E-state index contributed by atoms with van der Waals surface area (Å²) in [6, 6.07) is 23.3. The van der Waals surface area contributed by atoms with Crippen molar-refractivity contribution in [3.63, 3.8) is 0 Å². The fourth-order valence-corrected chi connectivity index (χ4v) is 3.94. The zero-order valence-corrected chi connectivity index (χ0v) is 18.5. The van der Waals surface area contributed by atoms with Gasteiger partial charge in [-0.3, -0.25) is 4.79 Å². The van der Waals surface area contributed by atoms with Gasteiger partial charge in [-0.25, -0.2) is 4.98 Å². The summed E-state index contributed by atoms with van der Waals surface area (Å²) in [6.07, 6.45) is 1.92. The van der Waals surface area contributed by atoms with Gasteiger partial charge in [0.15, 0.2) is 0 Å². The van der Waals surface area contributed by atoms with E-state index >= 15 is 0 Å². The van der Waals surface area contributed by atoms with Crippen LogP contribution < -0.4 is 5.32 Å². The van der Waals surface area contributed by atoms with Crippen LogP contribution in [0.3, 0.4) is 0 Å². The number of amides is 1. The van der Waals surface area contributed by atoms with Gasteiger partial charge in [0.2, 0.25) is 5.91 Å². The molecule has 1 N–H and O–H groups in total. The van der Waals surface area contributed by atoms with Gasteiger partial charge >= 0.3 is 0 Å². The van der Waals surface area contributed by atoms with Crippen LogP contribution in [-0.4, -0.2) is 22.0 Å². The molecule has 1 heterocycles. The Morgan fingerprint density at radius 3 is 2.48 bits per heavy atom. The van der Waals surface area contributed by atoms with Gasteiger partial charge in [-0.1, -0.05) is 65.7 Å². The third kappa shape index (κ3) is 5.46. The van der Waals surface area contributed by atoms with Gasteiger partial charge in [-0.05, 0) is 47.9 Å². The molecule has 0 spiro atoms. The molecule has 4 rings (SSSR count). The van der Waals surface area contributed by atoms with E-state index in [4.69, 9.17) is 28.2 Å². The fourth-order valence-electron chi connectivity index (χ4n) is 3.61. The molecule has 4 nitrogen and oxygen atoms in total. The molecule has 4 aromatic rings. The Labute approximate surface area is 191 Å². The second-order valence-corrected chi connectivity index (χ2v) is 8.29. The van der Waals surface area contributed by atoms with E-state index in [1.807, 2.05) is 54.6 Å². The van der Waals surface area contributed by atoms with Gasteiger partial charge in [-0.15, -0.1) is 0 Å². The predicted molar refractivity (Wildman–Crippen MR) is 127 cm³/mol. The van der Waals surface area contributed by atoms with Crippen molar-refractivity contribution in [3.05, 3.63) is 99.8 Å². The molecule has 158 valence electrons. The third-order valence-electron chi connectivity index (χ3n) is 5.20. The highest BCUT2D eigenvalue weighted by Crippen LogP contribution is 2.22. The van der Waals surface area contributed by atoms with Gasteiger partial charge in [0.05, 0.1) is 24.0 Å². The van der Waals surface area contributed by atoms with Gasteiger partial charge in [0.1, 0.15) is 5.82 Å². The Morgan fingerprint density at radius 1 is 0.935 bits per heavy atom. The fraction of sp³-hybridized carbons (Fsp3) is 0.200. The molecule has 6 heteroatoms. The lowest BCUT2D eigenvalue weighted by molar-refractivity contribution is -0.120. The molecule has 0 bridgehead atoms. The lowest BCUT2D eigenvalue weighted by Gasteiger charge is -2.11. The van der Waals surface area contributed by atoms with E-state index < -0.39 is 0 Å². The molecule has 0 radical (unpaired) electrons. The van der Waals surface area contributed by atoms with E-state index in [-0.39, 0.29) is 5.91 Å². The summed E-state index contributed by atoms with van der Waals surface area (Å²) < 4.78 is 2.21. The van der Waals surface area contributed by atoms with Crippen LogP contribution in [-0.2, 0) is 24.2 Å². The van der Waals surface area contributed by atoms with Crippen LogP contribution >= 0.6 is 23.2 Å². The van der Waals surface area contributed by atoms with Crippen LogP contribution in [0, 0.1) is 0 Å². The van der Waals surface area contributed by atoms with Crippen molar-refractivity contribution in [1.82, 2.24) is 14.9 Å². The van der Waals surface area contributed by atoms with Crippen molar-refractivity contribution in [2.75, 3.05) is 6.54 Å². The maximum absolute atomic E-state index is 12.2. The van der Waals surface area contributed by atoms with Crippen LogP contribution in [0.25, 0.3) is 11.0 Å². The minimum Gasteiger partial charge on any atom is -0.356 e. The maximum Gasteiger partial charge on any atom is 0.224 e. The first-order valence-electron chi connectivity index (χ1n) is 10.3. The van der Waals surface area contributed by atoms with E-state index in [1.165, 1.54) is 0 Å². The van der Waals surface area contributed by atoms with Crippen LogP contribution in [0.4, 0.5) is 0 Å². The average molecular weight is 452 g/mol. The molecule has 0 aliphatic carbocycles. The minimum absolute atomic E-state index is 0.00638. The smallest absolute Gasteiger partial charge is 0.224 e. The van der Waals surface area contributed by atoms with Crippen molar-refractivity contribution < 1.29 is 4.79 Å².